The molecule has 0 spiro atoms. The zero-order chi connectivity index (χ0) is 16.0. The summed E-state index contributed by atoms with van der Waals surface area (Å²) in [6.07, 6.45) is 3.85. The van der Waals surface area contributed by atoms with E-state index in [0.717, 1.165) is 5.46 Å². The zero-order valence-electron chi connectivity index (χ0n) is 13.9. The smallest absolute Gasteiger partial charge is 0.399 e. The van der Waals surface area contributed by atoms with Gasteiger partial charge in [0.25, 0.3) is 0 Å². The molecule has 0 unspecified atom stereocenters. The lowest BCUT2D eigenvalue weighted by Gasteiger charge is -2.32. The van der Waals surface area contributed by atoms with Crippen LogP contribution in [0.1, 0.15) is 46.2 Å². The zero-order valence-corrected chi connectivity index (χ0v) is 13.9. The van der Waals surface area contributed by atoms with Crippen LogP contribution in [0.3, 0.4) is 0 Å². The number of hydrogen-bond donors (Lipinski definition) is 0. The summed E-state index contributed by atoms with van der Waals surface area (Å²) in [5.74, 6) is 0. The molecular formula is C17H23BN2O2. The molecule has 2 aromatic rings. The van der Waals surface area contributed by atoms with Crippen molar-refractivity contribution in [2.45, 2.75) is 51.9 Å². The summed E-state index contributed by atoms with van der Waals surface area (Å²) < 4.78 is 14.1. The van der Waals surface area contributed by atoms with E-state index in [9.17, 15) is 0 Å². The third-order valence-corrected chi connectivity index (χ3v) is 4.83. The fourth-order valence-corrected chi connectivity index (χ4v) is 2.55. The largest absolute Gasteiger partial charge is 0.498 e. The summed E-state index contributed by atoms with van der Waals surface area (Å²) in [5, 5.41) is 4.49. The van der Waals surface area contributed by atoms with Gasteiger partial charge in [-0.3, -0.25) is 4.68 Å². The van der Waals surface area contributed by atoms with Crippen molar-refractivity contribution in [3.63, 3.8) is 0 Å². The highest BCUT2D eigenvalue weighted by molar-refractivity contribution is 6.62. The normalized spacial score (nSPS) is 21.0. The van der Waals surface area contributed by atoms with Gasteiger partial charge in [-0.05, 0) is 40.2 Å². The summed E-state index contributed by atoms with van der Waals surface area (Å²) in [4.78, 5) is 0. The second-order valence-corrected chi connectivity index (χ2v) is 6.93. The molecule has 1 saturated heterocycles. The van der Waals surface area contributed by atoms with Gasteiger partial charge in [0.15, 0.2) is 0 Å². The minimum atomic E-state index is -0.360. The van der Waals surface area contributed by atoms with Crippen LogP contribution in [0.2, 0.25) is 0 Å². The molecule has 5 heteroatoms. The quantitative estimate of drug-likeness (QED) is 0.818. The van der Waals surface area contributed by atoms with E-state index in [-0.39, 0.29) is 24.4 Å². The van der Waals surface area contributed by atoms with Gasteiger partial charge in [-0.25, -0.2) is 0 Å². The fourth-order valence-electron chi connectivity index (χ4n) is 2.55. The van der Waals surface area contributed by atoms with Crippen molar-refractivity contribution in [2.24, 2.45) is 0 Å². The first-order chi connectivity index (χ1) is 10.3. The lowest BCUT2D eigenvalue weighted by Crippen LogP contribution is -2.41. The van der Waals surface area contributed by atoms with E-state index in [1.807, 2.05) is 35.3 Å². The number of rotatable bonds is 3. The molecule has 1 aliphatic heterocycles. The van der Waals surface area contributed by atoms with Gasteiger partial charge in [0.1, 0.15) is 0 Å². The predicted molar refractivity (Wildman–Crippen MR) is 88.2 cm³/mol. The van der Waals surface area contributed by atoms with Gasteiger partial charge in [-0.15, -0.1) is 0 Å². The standard InChI is InChI=1S/C17H23BN2O2/c1-13(14-9-7-6-8-10-14)20-12-15(11-19-20)18-21-16(2,3)17(4,5)22-18/h6-13H,1-5H3/t13-/m0/s1. The highest BCUT2D eigenvalue weighted by Crippen LogP contribution is 2.36. The highest BCUT2D eigenvalue weighted by atomic mass is 16.7. The Labute approximate surface area is 132 Å². The SMILES string of the molecule is C[C@@H](c1ccccc1)n1cc(B2OC(C)(C)C(C)(C)O2)cn1. The molecule has 22 heavy (non-hydrogen) atoms. The maximum atomic E-state index is 6.07. The summed E-state index contributed by atoms with van der Waals surface area (Å²) in [5.41, 5.74) is 1.53. The van der Waals surface area contributed by atoms with Crippen LogP contribution in [-0.4, -0.2) is 28.1 Å². The average molecular weight is 298 g/mol. The average Bonchev–Trinajstić information content (AvgIpc) is 3.03. The van der Waals surface area contributed by atoms with Crippen molar-refractivity contribution in [1.82, 2.24) is 9.78 Å². The Morgan fingerprint density at radius 2 is 1.64 bits per heavy atom. The maximum absolute atomic E-state index is 6.07. The minimum absolute atomic E-state index is 0.178. The molecule has 1 aliphatic rings. The maximum Gasteiger partial charge on any atom is 0.498 e. The number of aromatic nitrogens is 2. The highest BCUT2D eigenvalue weighted by Gasteiger charge is 2.52. The Morgan fingerprint density at radius 1 is 1.05 bits per heavy atom. The Kier molecular flexibility index (Phi) is 3.65. The van der Waals surface area contributed by atoms with Gasteiger partial charge in [0, 0.05) is 17.9 Å². The van der Waals surface area contributed by atoms with Gasteiger partial charge < -0.3 is 9.31 Å². The fraction of sp³-hybridized carbons (Fsp3) is 0.471. The van der Waals surface area contributed by atoms with E-state index in [4.69, 9.17) is 9.31 Å². The van der Waals surface area contributed by atoms with Crippen molar-refractivity contribution in [3.8, 4) is 0 Å². The van der Waals surface area contributed by atoms with Crippen LogP contribution in [0.15, 0.2) is 42.7 Å². The Bertz CT molecular complexity index is 636. The third kappa shape index (κ3) is 2.59. The van der Waals surface area contributed by atoms with E-state index < -0.39 is 0 Å². The molecule has 0 N–H and O–H groups in total. The number of hydrogen-bond acceptors (Lipinski definition) is 3. The van der Waals surface area contributed by atoms with Crippen molar-refractivity contribution >= 4 is 12.6 Å². The molecule has 116 valence electrons. The van der Waals surface area contributed by atoms with E-state index in [1.165, 1.54) is 5.56 Å². The molecule has 0 radical (unpaired) electrons. The topological polar surface area (TPSA) is 36.3 Å². The molecule has 3 rings (SSSR count). The third-order valence-electron chi connectivity index (χ3n) is 4.83. The van der Waals surface area contributed by atoms with Gasteiger partial charge in [-0.1, -0.05) is 30.3 Å². The second-order valence-electron chi connectivity index (χ2n) is 6.93. The molecule has 0 aliphatic carbocycles. The Hall–Kier alpha value is -1.59. The van der Waals surface area contributed by atoms with Crippen LogP contribution in [0.25, 0.3) is 0 Å². The van der Waals surface area contributed by atoms with Crippen LogP contribution < -0.4 is 5.46 Å². The first kappa shape index (κ1) is 15.3. The lowest BCUT2D eigenvalue weighted by molar-refractivity contribution is 0.00578. The summed E-state index contributed by atoms with van der Waals surface area (Å²) >= 11 is 0. The molecule has 0 saturated carbocycles. The van der Waals surface area contributed by atoms with Crippen LogP contribution in [-0.2, 0) is 9.31 Å². The molecule has 0 amide bonds. The van der Waals surface area contributed by atoms with Gasteiger partial charge >= 0.3 is 7.12 Å². The van der Waals surface area contributed by atoms with Crippen molar-refractivity contribution in [2.75, 3.05) is 0 Å². The molecule has 4 nitrogen and oxygen atoms in total. The molecular weight excluding hydrogens is 275 g/mol. The van der Waals surface area contributed by atoms with Gasteiger partial charge in [-0.2, -0.15) is 5.10 Å². The lowest BCUT2D eigenvalue weighted by atomic mass is 9.82. The van der Waals surface area contributed by atoms with Crippen LogP contribution in [0.4, 0.5) is 0 Å². The number of benzene rings is 1. The second kappa shape index (κ2) is 5.25. The van der Waals surface area contributed by atoms with Gasteiger partial charge in [0.05, 0.1) is 17.2 Å². The summed E-state index contributed by atoms with van der Waals surface area (Å²) in [6, 6.07) is 10.5. The van der Waals surface area contributed by atoms with Crippen molar-refractivity contribution < 1.29 is 9.31 Å². The molecule has 1 aromatic carbocycles. The van der Waals surface area contributed by atoms with Gasteiger partial charge in [0.2, 0.25) is 0 Å². The van der Waals surface area contributed by atoms with E-state index in [0.29, 0.717) is 0 Å². The molecule has 1 atom stereocenters. The van der Waals surface area contributed by atoms with Crippen molar-refractivity contribution in [1.29, 1.82) is 0 Å². The number of nitrogens with zero attached hydrogens (tertiary/aromatic N) is 2. The van der Waals surface area contributed by atoms with Crippen LogP contribution in [0.5, 0.6) is 0 Å². The molecule has 2 heterocycles. The Balaban J connectivity index is 1.81. The van der Waals surface area contributed by atoms with E-state index >= 15 is 0 Å². The van der Waals surface area contributed by atoms with Crippen LogP contribution >= 0.6 is 0 Å². The minimum Gasteiger partial charge on any atom is -0.399 e. The summed E-state index contributed by atoms with van der Waals surface area (Å²) in [6.45, 7) is 10.4. The van der Waals surface area contributed by atoms with Crippen LogP contribution in [0, 0.1) is 0 Å². The molecule has 0 bridgehead atoms. The van der Waals surface area contributed by atoms with E-state index in [2.05, 4.69) is 51.9 Å². The first-order valence-electron chi connectivity index (χ1n) is 7.75. The predicted octanol–water partition coefficient (Wildman–Crippen LogP) is 2.79. The first-order valence-corrected chi connectivity index (χ1v) is 7.75. The monoisotopic (exact) mass is 298 g/mol. The Morgan fingerprint density at radius 3 is 2.23 bits per heavy atom. The van der Waals surface area contributed by atoms with Crippen molar-refractivity contribution in [3.05, 3.63) is 48.3 Å². The summed E-state index contributed by atoms with van der Waals surface area (Å²) in [7, 11) is -0.360. The molecule has 1 aromatic heterocycles. The van der Waals surface area contributed by atoms with E-state index in [1.54, 1.807) is 0 Å². The molecule has 1 fully saturated rings.